The second-order valence-corrected chi connectivity index (χ2v) is 6.70. The number of carbonyl (C=O) groups is 1. The van der Waals surface area contributed by atoms with Crippen molar-refractivity contribution in [3.8, 4) is 0 Å². The van der Waals surface area contributed by atoms with E-state index in [9.17, 15) is 4.79 Å². The largest absolute Gasteiger partial charge is 0.336 e. The zero-order chi connectivity index (χ0) is 16.7. The van der Waals surface area contributed by atoms with E-state index in [1.807, 2.05) is 17.0 Å². The van der Waals surface area contributed by atoms with Gasteiger partial charge in [0.2, 0.25) is 5.91 Å². The Bertz CT molecular complexity index is 628. The summed E-state index contributed by atoms with van der Waals surface area (Å²) in [6.07, 6.45) is 6.90. The first kappa shape index (κ1) is 17.5. The van der Waals surface area contributed by atoms with Crippen LogP contribution >= 0.6 is 11.8 Å². The van der Waals surface area contributed by atoms with Gasteiger partial charge in [0.25, 0.3) is 0 Å². The second-order valence-electron chi connectivity index (χ2n) is 5.82. The fraction of sp³-hybridized carbons (Fsp3) is 0.368. The number of aryl methyl sites for hydroxylation is 1. The lowest BCUT2D eigenvalue weighted by molar-refractivity contribution is -0.133. The zero-order valence-electron chi connectivity index (χ0n) is 14.0. The third-order valence-corrected chi connectivity index (χ3v) is 4.53. The molecule has 23 heavy (non-hydrogen) atoms. The van der Waals surface area contributed by atoms with E-state index in [0.29, 0.717) is 13.0 Å². The van der Waals surface area contributed by atoms with Crippen molar-refractivity contribution in [2.75, 3.05) is 6.26 Å². The van der Waals surface area contributed by atoms with Crippen LogP contribution < -0.4 is 0 Å². The minimum atomic E-state index is 0.192. The van der Waals surface area contributed by atoms with Crippen molar-refractivity contribution >= 4 is 17.7 Å². The summed E-state index contributed by atoms with van der Waals surface area (Å²) in [5.41, 5.74) is 2.34. The molecule has 0 atom stereocenters. The van der Waals surface area contributed by atoms with Gasteiger partial charge in [0, 0.05) is 36.3 Å². The van der Waals surface area contributed by atoms with E-state index in [2.05, 4.69) is 49.4 Å². The molecule has 0 bridgehead atoms. The Morgan fingerprint density at radius 1 is 1.17 bits per heavy atom. The highest BCUT2D eigenvalue weighted by molar-refractivity contribution is 7.98. The molecule has 0 aliphatic rings. The number of hydrogen-bond acceptors (Lipinski definition) is 3. The van der Waals surface area contributed by atoms with Crippen molar-refractivity contribution in [2.45, 2.75) is 44.2 Å². The molecule has 0 N–H and O–H groups in total. The number of nitrogens with zero attached hydrogens (tertiary/aromatic N) is 2. The summed E-state index contributed by atoms with van der Waals surface area (Å²) < 4.78 is 0. The number of hydrogen-bond donors (Lipinski definition) is 0. The number of pyridine rings is 1. The predicted molar refractivity (Wildman–Crippen MR) is 96.5 cm³/mol. The Morgan fingerprint density at radius 2 is 1.91 bits per heavy atom. The smallest absolute Gasteiger partial charge is 0.223 e. The van der Waals surface area contributed by atoms with Crippen LogP contribution in [0.25, 0.3) is 0 Å². The highest BCUT2D eigenvalue weighted by Gasteiger charge is 2.17. The molecule has 0 aliphatic heterocycles. The SMILES string of the molecule is CSc1cccc(CN(C(=O)CCc2ccncc2)C(C)C)c1. The van der Waals surface area contributed by atoms with Crippen molar-refractivity contribution < 1.29 is 4.79 Å². The first-order valence-electron chi connectivity index (χ1n) is 7.91. The molecule has 4 heteroatoms. The van der Waals surface area contributed by atoms with Crippen LogP contribution in [0.1, 0.15) is 31.4 Å². The Hall–Kier alpha value is -1.81. The van der Waals surface area contributed by atoms with Crippen molar-refractivity contribution in [3.63, 3.8) is 0 Å². The predicted octanol–water partition coefficient (Wildman–Crippen LogP) is 4.17. The molecule has 122 valence electrons. The number of rotatable bonds is 7. The average Bonchev–Trinajstić information content (AvgIpc) is 2.58. The van der Waals surface area contributed by atoms with E-state index in [1.54, 1.807) is 24.2 Å². The summed E-state index contributed by atoms with van der Waals surface area (Å²) in [5, 5.41) is 0. The van der Waals surface area contributed by atoms with Crippen LogP contribution in [0.4, 0.5) is 0 Å². The van der Waals surface area contributed by atoms with Crippen LogP contribution in [0.5, 0.6) is 0 Å². The molecule has 3 nitrogen and oxygen atoms in total. The van der Waals surface area contributed by atoms with Crippen LogP contribution in [-0.4, -0.2) is 28.1 Å². The Labute approximate surface area is 143 Å². The van der Waals surface area contributed by atoms with Gasteiger partial charge in [0.1, 0.15) is 0 Å². The first-order chi connectivity index (χ1) is 11.1. The molecule has 1 heterocycles. The van der Waals surface area contributed by atoms with E-state index in [0.717, 1.165) is 12.0 Å². The van der Waals surface area contributed by atoms with Crippen molar-refractivity contribution in [1.29, 1.82) is 0 Å². The second kappa shape index (κ2) is 8.73. The van der Waals surface area contributed by atoms with E-state index in [4.69, 9.17) is 0 Å². The fourth-order valence-electron chi connectivity index (χ4n) is 2.47. The zero-order valence-corrected chi connectivity index (χ0v) is 14.8. The maximum atomic E-state index is 12.6. The Balaban J connectivity index is 2.00. The molecule has 0 saturated carbocycles. The Kier molecular flexibility index (Phi) is 6.66. The normalized spacial score (nSPS) is 10.8. The molecule has 0 saturated heterocycles. The fourth-order valence-corrected chi connectivity index (χ4v) is 2.95. The van der Waals surface area contributed by atoms with E-state index in [-0.39, 0.29) is 11.9 Å². The highest BCUT2D eigenvalue weighted by Crippen LogP contribution is 2.18. The summed E-state index contributed by atoms with van der Waals surface area (Å²) in [5.74, 6) is 0.200. The molecule has 0 radical (unpaired) electrons. The van der Waals surface area contributed by atoms with Crippen molar-refractivity contribution in [3.05, 3.63) is 59.9 Å². The lowest BCUT2D eigenvalue weighted by atomic mass is 10.1. The summed E-state index contributed by atoms with van der Waals surface area (Å²) in [6.45, 7) is 4.81. The van der Waals surface area contributed by atoms with Crippen LogP contribution in [0.15, 0.2) is 53.7 Å². The van der Waals surface area contributed by atoms with Gasteiger partial charge in [0.05, 0.1) is 0 Å². The topological polar surface area (TPSA) is 33.2 Å². The molecule has 0 unspecified atom stereocenters. The lowest BCUT2D eigenvalue weighted by Gasteiger charge is -2.27. The molecule has 1 aromatic heterocycles. The third kappa shape index (κ3) is 5.39. The number of carbonyl (C=O) groups excluding carboxylic acids is 1. The molecule has 0 fully saturated rings. The minimum absolute atomic E-state index is 0.192. The van der Waals surface area contributed by atoms with Crippen LogP contribution in [-0.2, 0) is 17.8 Å². The molecule has 1 amide bonds. The number of amides is 1. The molecule has 2 rings (SSSR count). The summed E-state index contributed by atoms with van der Waals surface area (Å²) in [4.78, 5) is 19.8. The molecule has 0 spiro atoms. The van der Waals surface area contributed by atoms with Crippen LogP contribution in [0.2, 0.25) is 0 Å². The number of benzene rings is 1. The maximum Gasteiger partial charge on any atom is 0.223 e. The first-order valence-corrected chi connectivity index (χ1v) is 9.14. The van der Waals surface area contributed by atoms with Gasteiger partial charge >= 0.3 is 0 Å². The van der Waals surface area contributed by atoms with Gasteiger partial charge in [-0.05, 0) is 61.9 Å². The van der Waals surface area contributed by atoms with Gasteiger partial charge in [-0.3, -0.25) is 9.78 Å². The van der Waals surface area contributed by atoms with E-state index < -0.39 is 0 Å². The van der Waals surface area contributed by atoms with Gasteiger partial charge in [-0.15, -0.1) is 11.8 Å². The lowest BCUT2D eigenvalue weighted by Crippen LogP contribution is -2.36. The van der Waals surface area contributed by atoms with Gasteiger partial charge in [-0.2, -0.15) is 0 Å². The minimum Gasteiger partial charge on any atom is -0.336 e. The number of thioether (sulfide) groups is 1. The summed E-state index contributed by atoms with van der Waals surface area (Å²) in [7, 11) is 0. The molecule has 2 aromatic rings. The average molecular weight is 328 g/mol. The quantitative estimate of drug-likeness (QED) is 0.715. The Morgan fingerprint density at radius 3 is 2.57 bits per heavy atom. The maximum absolute atomic E-state index is 12.6. The van der Waals surface area contributed by atoms with Crippen molar-refractivity contribution in [2.24, 2.45) is 0 Å². The highest BCUT2D eigenvalue weighted by atomic mass is 32.2. The molecular formula is C19H24N2OS. The molecule has 0 aliphatic carbocycles. The van der Waals surface area contributed by atoms with Gasteiger partial charge in [0.15, 0.2) is 0 Å². The van der Waals surface area contributed by atoms with Crippen LogP contribution in [0.3, 0.4) is 0 Å². The summed E-state index contributed by atoms with van der Waals surface area (Å²) in [6, 6.07) is 12.5. The van der Waals surface area contributed by atoms with Crippen LogP contribution in [0, 0.1) is 0 Å². The van der Waals surface area contributed by atoms with Crippen molar-refractivity contribution in [1.82, 2.24) is 9.88 Å². The third-order valence-electron chi connectivity index (χ3n) is 3.81. The monoisotopic (exact) mass is 328 g/mol. The molecular weight excluding hydrogens is 304 g/mol. The van der Waals surface area contributed by atoms with E-state index in [1.165, 1.54) is 10.5 Å². The van der Waals surface area contributed by atoms with Gasteiger partial charge in [-0.25, -0.2) is 0 Å². The standard InChI is InChI=1S/C19H24N2OS/c1-15(2)21(14-17-5-4-6-18(13-17)23-3)19(22)8-7-16-9-11-20-12-10-16/h4-6,9-13,15H,7-8,14H2,1-3H3. The van der Waals surface area contributed by atoms with Gasteiger partial charge < -0.3 is 4.90 Å². The summed E-state index contributed by atoms with van der Waals surface area (Å²) >= 11 is 1.73. The number of aromatic nitrogens is 1. The molecule has 1 aromatic carbocycles. The van der Waals surface area contributed by atoms with E-state index >= 15 is 0 Å². The van der Waals surface area contributed by atoms with Gasteiger partial charge in [-0.1, -0.05) is 12.1 Å².